The van der Waals surface area contributed by atoms with Crippen LogP contribution in [0, 0.1) is 0 Å². The molecule has 0 saturated carbocycles. The zero-order chi connectivity index (χ0) is 11.9. The molecule has 4 nitrogen and oxygen atoms in total. The molecule has 0 saturated heterocycles. The van der Waals surface area contributed by atoms with Crippen molar-refractivity contribution in [1.82, 2.24) is 4.90 Å². The molecule has 90 valence electrons. The Bertz CT molecular complexity index is 189. The molecule has 15 heavy (non-hydrogen) atoms. The van der Waals surface area contributed by atoms with E-state index in [0.717, 1.165) is 0 Å². The van der Waals surface area contributed by atoms with Crippen molar-refractivity contribution < 1.29 is 14.3 Å². The van der Waals surface area contributed by atoms with Crippen LogP contribution in [-0.2, 0) is 14.3 Å². The number of rotatable bonds is 8. The molecular formula is C10H20ClNO3. The molecule has 0 fully saturated rings. The Kier molecular flexibility index (Phi) is 7.09. The molecule has 0 aliphatic carbocycles. The van der Waals surface area contributed by atoms with Gasteiger partial charge >= 0.3 is 0 Å². The van der Waals surface area contributed by atoms with Crippen molar-refractivity contribution >= 4 is 16.8 Å². The number of methoxy groups -OCH3 is 2. The van der Waals surface area contributed by atoms with Crippen molar-refractivity contribution in [3.63, 3.8) is 0 Å². The van der Waals surface area contributed by atoms with Crippen LogP contribution in [0.3, 0.4) is 0 Å². The lowest BCUT2D eigenvalue weighted by Crippen LogP contribution is -2.50. The van der Waals surface area contributed by atoms with Crippen molar-refractivity contribution in [3.8, 4) is 0 Å². The first-order valence-corrected chi connectivity index (χ1v) is 5.27. The molecule has 0 heterocycles. The minimum Gasteiger partial charge on any atom is -0.383 e. The molecule has 0 unspecified atom stereocenters. The van der Waals surface area contributed by atoms with Crippen LogP contribution in [0.4, 0.5) is 0 Å². The van der Waals surface area contributed by atoms with Crippen LogP contribution in [0.1, 0.15) is 13.8 Å². The Labute approximate surface area is 96.5 Å². The highest BCUT2D eigenvalue weighted by Crippen LogP contribution is 2.17. The van der Waals surface area contributed by atoms with E-state index < -0.39 is 5.54 Å². The third kappa shape index (κ3) is 4.93. The predicted octanol–water partition coefficient (Wildman–Crippen LogP) is 1.13. The summed E-state index contributed by atoms with van der Waals surface area (Å²) in [4.78, 5) is 13.2. The summed E-state index contributed by atoms with van der Waals surface area (Å²) in [5.41, 5.74) is -0.682. The standard InChI is InChI=1S/C10H20ClNO3/c1-10(2,9(11)13)12(5-7-14-3)6-8-15-4/h5-8H2,1-4H3. The molecule has 0 atom stereocenters. The highest BCUT2D eigenvalue weighted by atomic mass is 35.5. The van der Waals surface area contributed by atoms with E-state index in [0.29, 0.717) is 26.3 Å². The van der Waals surface area contributed by atoms with Gasteiger partial charge in [0.05, 0.1) is 18.8 Å². The van der Waals surface area contributed by atoms with Gasteiger partial charge in [0.15, 0.2) is 0 Å². The summed E-state index contributed by atoms with van der Waals surface area (Å²) in [5.74, 6) is 0. The third-order valence-electron chi connectivity index (χ3n) is 2.40. The maximum atomic E-state index is 11.3. The van der Waals surface area contributed by atoms with E-state index in [4.69, 9.17) is 21.1 Å². The Morgan fingerprint density at radius 2 is 1.60 bits per heavy atom. The second kappa shape index (κ2) is 7.17. The fourth-order valence-corrected chi connectivity index (χ4v) is 1.32. The lowest BCUT2D eigenvalue weighted by molar-refractivity contribution is -0.122. The summed E-state index contributed by atoms with van der Waals surface area (Å²) in [6, 6.07) is 0. The largest absolute Gasteiger partial charge is 0.383 e. The van der Waals surface area contributed by atoms with Crippen molar-refractivity contribution in [2.24, 2.45) is 0 Å². The van der Waals surface area contributed by atoms with Crippen LogP contribution in [0.2, 0.25) is 0 Å². The molecule has 0 aromatic heterocycles. The molecule has 0 spiro atoms. The van der Waals surface area contributed by atoms with E-state index >= 15 is 0 Å². The molecule has 0 bridgehead atoms. The SMILES string of the molecule is COCCN(CCOC)C(C)(C)C(=O)Cl. The van der Waals surface area contributed by atoms with Crippen LogP contribution < -0.4 is 0 Å². The minimum atomic E-state index is -0.682. The van der Waals surface area contributed by atoms with Crippen LogP contribution in [0.25, 0.3) is 0 Å². The summed E-state index contributed by atoms with van der Waals surface area (Å²) >= 11 is 5.56. The van der Waals surface area contributed by atoms with Crippen molar-refractivity contribution in [2.75, 3.05) is 40.5 Å². The smallest absolute Gasteiger partial charge is 0.241 e. The second-order valence-electron chi connectivity index (χ2n) is 3.81. The first kappa shape index (κ1) is 14.8. The molecule has 0 aliphatic rings. The monoisotopic (exact) mass is 237 g/mol. The lowest BCUT2D eigenvalue weighted by atomic mass is 10.1. The number of ether oxygens (including phenoxy) is 2. The van der Waals surface area contributed by atoms with Gasteiger partial charge in [-0.05, 0) is 25.4 Å². The number of hydrogen-bond acceptors (Lipinski definition) is 4. The topological polar surface area (TPSA) is 38.8 Å². The highest BCUT2D eigenvalue weighted by Gasteiger charge is 2.32. The van der Waals surface area contributed by atoms with E-state index in [2.05, 4.69) is 0 Å². The third-order valence-corrected chi connectivity index (χ3v) is 2.86. The number of halogens is 1. The lowest BCUT2D eigenvalue weighted by Gasteiger charge is -2.35. The van der Waals surface area contributed by atoms with Gasteiger partial charge in [0.25, 0.3) is 0 Å². The molecular weight excluding hydrogens is 218 g/mol. The van der Waals surface area contributed by atoms with E-state index in [9.17, 15) is 4.79 Å². The molecule has 0 aliphatic heterocycles. The fraction of sp³-hybridized carbons (Fsp3) is 0.900. The Morgan fingerprint density at radius 1 is 1.20 bits per heavy atom. The summed E-state index contributed by atoms with van der Waals surface area (Å²) in [6.45, 7) is 6.05. The van der Waals surface area contributed by atoms with Crippen LogP contribution in [-0.4, -0.2) is 56.2 Å². The van der Waals surface area contributed by atoms with Crippen molar-refractivity contribution in [2.45, 2.75) is 19.4 Å². The molecule has 0 N–H and O–H groups in total. The van der Waals surface area contributed by atoms with Crippen LogP contribution in [0.15, 0.2) is 0 Å². The summed E-state index contributed by atoms with van der Waals surface area (Å²) in [7, 11) is 3.26. The van der Waals surface area contributed by atoms with Gasteiger partial charge in [-0.25, -0.2) is 0 Å². The molecule has 5 heteroatoms. The average molecular weight is 238 g/mol. The van der Waals surface area contributed by atoms with E-state index in [-0.39, 0.29) is 5.24 Å². The van der Waals surface area contributed by atoms with Gasteiger partial charge in [0.2, 0.25) is 5.24 Å². The predicted molar refractivity (Wildman–Crippen MR) is 60.3 cm³/mol. The van der Waals surface area contributed by atoms with Gasteiger partial charge in [-0.2, -0.15) is 0 Å². The quantitative estimate of drug-likeness (QED) is 0.594. The second-order valence-corrected chi connectivity index (χ2v) is 4.15. The number of nitrogens with zero attached hydrogens (tertiary/aromatic N) is 1. The molecule has 0 rings (SSSR count). The van der Waals surface area contributed by atoms with E-state index in [1.165, 1.54) is 0 Å². The fourth-order valence-electron chi connectivity index (χ4n) is 1.20. The number of carbonyl (C=O) groups is 1. The molecule has 0 aromatic carbocycles. The molecule has 0 aromatic rings. The normalized spacial score (nSPS) is 12.1. The Morgan fingerprint density at radius 3 is 1.87 bits per heavy atom. The van der Waals surface area contributed by atoms with Gasteiger partial charge in [-0.15, -0.1) is 0 Å². The summed E-state index contributed by atoms with van der Waals surface area (Å²) < 4.78 is 9.98. The maximum absolute atomic E-state index is 11.3. The van der Waals surface area contributed by atoms with Crippen molar-refractivity contribution in [1.29, 1.82) is 0 Å². The maximum Gasteiger partial charge on any atom is 0.241 e. The Hall–Kier alpha value is -0.160. The zero-order valence-corrected chi connectivity index (χ0v) is 10.6. The van der Waals surface area contributed by atoms with Gasteiger partial charge in [-0.1, -0.05) is 0 Å². The van der Waals surface area contributed by atoms with Gasteiger partial charge in [-0.3, -0.25) is 9.69 Å². The van der Waals surface area contributed by atoms with Gasteiger partial charge < -0.3 is 9.47 Å². The van der Waals surface area contributed by atoms with Crippen molar-refractivity contribution in [3.05, 3.63) is 0 Å². The van der Waals surface area contributed by atoms with Gasteiger partial charge in [0.1, 0.15) is 0 Å². The number of hydrogen-bond donors (Lipinski definition) is 0. The Balaban J connectivity index is 4.38. The highest BCUT2D eigenvalue weighted by molar-refractivity contribution is 6.65. The first-order chi connectivity index (χ1) is 6.96. The van der Waals surface area contributed by atoms with Gasteiger partial charge in [0, 0.05) is 27.3 Å². The average Bonchev–Trinajstić information content (AvgIpc) is 2.17. The van der Waals surface area contributed by atoms with E-state index in [1.54, 1.807) is 28.1 Å². The minimum absolute atomic E-state index is 0.366. The molecule has 0 amide bonds. The van der Waals surface area contributed by atoms with E-state index in [1.807, 2.05) is 4.90 Å². The number of carbonyl (C=O) groups excluding carboxylic acids is 1. The first-order valence-electron chi connectivity index (χ1n) is 4.89. The zero-order valence-electron chi connectivity index (χ0n) is 9.88. The molecule has 0 radical (unpaired) electrons. The summed E-state index contributed by atoms with van der Waals surface area (Å²) in [6.07, 6.45) is 0. The summed E-state index contributed by atoms with van der Waals surface area (Å²) in [5, 5.41) is -0.366. The van der Waals surface area contributed by atoms with Crippen LogP contribution in [0.5, 0.6) is 0 Å². The van der Waals surface area contributed by atoms with Crippen LogP contribution >= 0.6 is 11.6 Å².